The van der Waals surface area contributed by atoms with E-state index in [4.69, 9.17) is 4.74 Å². The predicted octanol–water partition coefficient (Wildman–Crippen LogP) is 1.74. The predicted molar refractivity (Wildman–Crippen MR) is 83.9 cm³/mol. The number of hydrogen-bond acceptors (Lipinski definition) is 7. The summed E-state index contributed by atoms with van der Waals surface area (Å²) in [5, 5.41) is 0.997. The highest BCUT2D eigenvalue weighted by Crippen LogP contribution is 2.22. The van der Waals surface area contributed by atoms with Gasteiger partial charge in [-0.2, -0.15) is 4.37 Å². The molecule has 0 bridgehead atoms. The molecule has 0 aromatic carbocycles. The van der Waals surface area contributed by atoms with E-state index in [1.54, 1.807) is 0 Å². The van der Waals surface area contributed by atoms with E-state index in [0.29, 0.717) is 19.1 Å². The number of nitrogens with zero attached hydrogens (tertiary/aromatic N) is 4. The largest absolute Gasteiger partial charge is 0.465 e. The van der Waals surface area contributed by atoms with Gasteiger partial charge in [0.1, 0.15) is 5.82 Å². The second kappa shape index (κ2) is 7.70. The first kappa shape index (κ1) is 16.2. The van der Waals surface area contributed by atoms with Gasteiger partial charge in [-0.15, -0.1) is 0 Å². The molecule has 2 heterocycles. The van der Waals surface area contributed by atoms with Gasteiger partial charge < -0.3 is 9.64 Å². The van der Waals surface area contributed by atoms with Crippen LogP contribution in [0.2, 0.25) is 0 Å². The van der Waals surface area contributed by atoms with Crippen molar-refractivity contribution in [2.75, 3.05) is 44.2 Å². The Morgan fingerprint density at radius 2 is 2.14 bits per heavy atom. The lowest BCUT2D eigenvalue weighted by Gasteiger charge is -2.20. The van der Waals surface area contributed by atoms with Crippen LogP contribution in [0.15, 0.2) is 0 Å². The average molecular weight is 312 g/mol. The molecular weight excluding hydrogens is 288 g/mol. The normalized spacial score (nSPS) is 17.0. The molecule has 0 radical (unpaired) electrons. The van der Waals surface area contributed by atoms with Crippen LogP contribution in [0.4, 0.5) is 5.13 Å². The first-order valence-electron chi connectivity index (χ1n) is 7.56. The summed E-state index contributed by atoms with van der Waals surface area (Å²) in [5.41, 5.74) is 0. The fourth-order valence-electron chi connectivity index (χ4n) is 2.30. The molecule has 0 saturated carbocycles. The van der Waals surface area contributed by atoms with Crippen molar-refractivity contribution < 1.29 is 9.53 Å². The molecule has 1 fully saturated rings. The molecule has 1 aliphatic heterocycles. The van der Waals surface area contributed by atoms with Crippen molar-refractivity contribution in [2.45, 2.75) is 33.1 Å². The van der Waals surface area contributed by atoms with E-state index < -0.39 is 0 Å². The van der Waals surface area contributed by atoms with Crippen LogP contribution >= 0.6 is 11.5 Å². The van der Waals surface area contributed by atoms with Gasteiger partial charge in [-0.05, 0) is 13.3 Å². The van der Waals surface area contributed by atoms with Gasteiger partial charge in [-0.25, -0.2) is 4.98 Å². The van der Waals surface area contributed by atoms with Crippen LogP contribution in [0, 0.1) is 0 Å². The van der Waals surface area contributed by atoms with Crippen molar-refractivity contribution in [3.63, 3.8) is 0 Å². The van der Waals surface area contributed by atoms with E-state index in [1.165, 1.54) is 11.5 Å². The number of hydrogen-bond donors (Lipinski definition) is 0. The van der Waals surface area contributed by atoms with E-state index in [0.717, 1.165) is 43.6 Å². The van der Waals surface area contributed by atoms with Gasteiger partial charge in [-0.1, -0.05) is 13.8 Å². The molecule has 6 nitrogen and oxygen atoms in total. The lowest BCUT2D eigenvalue weighted by Crippen LogP contribution is -2.35. The highest BCUT2D eigenvalue weighted by molar-refractivity contribution is 7.09. The molecule has 0 aliphatic carbocycles. The van der Waals surface area contributed by atoms with Gasteiger partial charge >= 0.3 is 5.97 Å². The number of anilines is 1. The minimum absolute atomic E-state index is 0.135. The van der Waals surface area contributed by atoms with Crippen LogP contribution in [0.3, 0.4) is 0 Å². The fourth-order valence-corrected chi connectivity index (χ4v) is 3.16. The van der Waals surface area contributed by atoms with Crippen LogP contribution in [0.5, 0.6) is 0 Å². The molecule has 1 aromatic heterocycles. The maximum Gasteiger partial charge on any atom is 0.320 e. The molecule has 0 atom stereocenters. The summed E-state index contributed by atoms with van der Waals surface area (Å²) >= 11 is 1.47. The first-order valence-corrected chi connectivity index (χ1v) is 8.34. The highest BCUT2D eigenvalue weighted by Gasteiger charge is 2.20. The second-order valence-corrected chi connectivity index (χ2v) is 6.24. The summed E-state index contributed by atoms with van der Waals surface area (Å²) in [6, 6.07) is 0. The Morgan fingerprint density at radius 1 is 1.33 bits per heavy atom. The van der Waals surface area contributed by atoms with Crippen molar-refractivity contribution in [3.8, 4) is 0 Å². The molecule has 21 heavy (non-hydrogen) atoms. The van der Waals surface area contributed by atoms with Crippen molar-refractivity contribution in [3.05, 3.63) is 5.82 Å². The quantitative estimate of drug-likeness (QED) is 0.772. The Kier molecular flexibility index (Phi) is 5.93. The number of carbonyl (C=O) groups excluding carboxylic acids is 1. The van der Waals surface area contributed by atoms with Gasteiger partial charge in [0.25, 0.3) is 0 Å². The highest BCUT2D eigenvalue weighted by atomic mass is 32.1. The van der Waals surface area contributed by atoms with Gasteiger partial charge in [0.15, 0.2) is 0 Å². The zero-order valence-corrected chi connectivity index (χ0v) is 13.9. The Morgan fingerprint density at radius 3 is 2.81 bits per heavy atom. The molecule has 118 valence electrons. The Hall–Kier alpha value is -1.21. The van der Waals surface area contributed by atoms with Crippen molar-refractivity contribution in [1.82, 2.24) is 14.3 Å². The molecule has 0 spiro atoms. The second-order valence-electron chi connectivity index (χ2n) is 5.51. The topological polar surface area (TPSA) is 58.6 Å². The van der Waals surface area contributed by atoms with Crippen LogP contribution < -0.4 is 4.90 Å². The summed E-state index contributed by atoms with van der Waals surface area (Å²) in [5.74, 6) is 1.15. The standard InChI is InChI=1S/C14H24N4O2S/c1-4-20-12(19)10-17-6-5-7-18(9-8-17)14-15-13(11(2)3)16-21-14/h11H,4-10H2,1-3H3. The van der Waals surface area contributed by atoms with Crippen molar-refractivity contribution in [1.29, 1.82) is 0 Å². The van der Waals surface area contributed by atoms with E-state index in [-0.39, 0.29) is 5.97 Å². The summed E-state index contributed by atoms with van der Waals surface area (Å²) in [6.07, 6.45) is 1.02. The van der Waals surface area contributed by atoms with E-state index in [1.807, 2.05) is 6.92 Å². The monoisotopic (exact) mass is 312 g/mol. The third-order valence-corrected chi connectivity index (χ3v) is 4.26. The number of rotatable bonds is 5. The molecule has 1 aromatic rings. The van der Waals surface area contributed by atoms with E-state index in [9.17, 15) is 4.79 Å². The molecule has 2 rings (SSSR count). The lowest BCUT2D eigenvalue weighted by atomic mass is 10.2. The third-order valence-electron chi connectivity index (χ3n) is 3.46. The van der Waals surface area contributed by atoms with Crippen LogP contribution in [0.25, 0.3) is 0 Å². The third kappa shape index (κ3) is 4.64. The molecule has 0 unspecified atom stereocenters. The summed E-state index contributed by atoms with van der Waals surface area (Å²) in [7, 11) is 0. The van der Waals surface area contributed by atoms with Gasteiger partial charge in [0, 0.05) is 43.6 Å². The summed E-state index contributed by atoms with van der Waals surface area (Å²) < 4.78 is 9.43. The minimum atomic E-state index is -0.135. The van der Waals surface area contributed by atoms with Gasteiger partial charge in [-0.3, -0.25) is 9.69 Å². The molecule has 1 saturated heterocycles. The maximum atomic E-state index is 11.6. The lowest BCUT2D eigenvalue weighted by molar-refractivity contribution is -0.144. The summed E-state index contributed by atoms with van der Waals surface area (Å²) in [6.45, 7) is 10.5. The minimum Gasteiger partial charge on any atom is -0.465 e. The number of esters is 1. The molecule has 1 aliphatic rings. The Labute approximate surface area is 130 Å². The van der Waals surface area contributed by atoms with E-state index in [2.05, 4.69) is 33.0 Å². The van der Waals surface area contributed by atoms with Crippen LogP contribution in [-0.2, 0) is 9.53 Å². The molecular formula is C14H24N4O2S. The fraction of sp³-hybridized carbons (Fsp3) is 0.786. The van der Waals surface area contributed by atoms with Crippen LogP contribution in [0.1, 0.15) is 38.9 Å². The van der Waals surface area contributed by atoms with Gasteiger partial charge in [0.2, 0.25) is 5.13 Å². The smallest absolute Gasteiger partial charge is 0.320 e. The number of aromatic nitrogens is 2. The van der Waals surface area contributed by atoms with Crippen molar-refractivity contribution >= 4 is 22.6 Å². The van der Waals surface area contributed by atoms with Crippen LogP contribution in [-0.4, -0.2) is 59.6 Å². The zero-order valence-electron chi connectivity index (χ0n) is 13.0. The van der Waals surface area contributed by atoms with Gasteiger partial charge in [0.05, 0.1) is 13.2 Å². The molecule has 0 N–H and O–H groups in total. The average Bonchev–Trinajstić information content (AvgIpc) is 2.82. The zero-order chi connectivity index (χ0) is 15.2. The Bertz CT molecular complexity index is 464. The number of ether oxygens (including phenoxy) is 1. The first-order chi connectivity index (χ1) is 10.1. The van der Waals surface area contributed by atoms with E-state index >= 15 is 0 Å². The molecule has 7 heteroatoms. The maximum absolute atomic E-state index is 11.6. The van der Waals surface area contributed by atoms with Crippen molar-refractivity contribution in [2.24, 2.45) is 0 Å². The summed E-state index contributed by atoms with van der Waals surface area (Å²) in [4.78, 5) is 20.6. The molecule has 0 amide bonds. The number of carbonyl (C=O) groups is 1. The SMILES string of the molecule is CCOC(=O)CN1CCCN(c2nc(C(C)C)ns2)CC1. The Balaban J connectivity index is 1.89.